The minimum Gasteiger partial charge on any atom is -0.497 e. The van der Waals surface area contributed by atoms with E-state index in [1.165, 1.54) is 0 Å². The predicted molar refractivity (Wildman–Crippen MR) is 92.5 cm³/mol. The first kappa shape index (κ1) is 16.9. The lowest BCUT2D eigenvalue weighted by Gasteiger charge is -2.23. The highest BCUT2D eigenvalue weighted by atomic mass is 16.5. The van der Waals surface area contributed by atoms with Crippen molar-refractivity contribution < 1.29 is 14.3 Å². The minimum absolute atomic E-state index is 0.0355. The SMILES string of the molecule is CCN(C(=O)Cc1cc(OC)ccc1OC)c1ccccc1C. The average molecular weight is 313 g/mol. The number of rotatable bonds is 6. The molecule has 2 aromatic rings. The Morgan fingerprint density at radius 3 is 2.43 bits per heavy atom. The Labute approximate surface area is 137 Å². The third kappa shape index (κ3) is 3.83. The summed E-state index contributed by atoms with van der Waals surface area (Å²) in [5, 5.41) is 0. The largest absolute Gasteiger partial charge is 0.497 e. The summed E-state index contributed by atoms with van der Waals surface area (Å²) in [5.74, 6) is 1.45. The van der Waals surface area contributed by atoms with Crippen LogP contribution in [-0.2, 0) is 11.2 Å². The molecule has 4 heteroatoms. The van der Waals surface area contributed by atoms with Crippen LogP contribution in [0.15, 0.2) is 42.5 Å². The summed E-state index contributed by atoms with van der Waals surface area (Å²) in [5.41, 5.74) is 2.85. The van der Waals surface area contributed by atoms with Crippen molar-refractivity contribution in [2.75, 3.05) is 25.7 Å². The van der Waals surface area contributed by atoms with Gasteiger partial charge in [-0.25, -0.2) is 0 Å². The van der Waals surface area contributed by atoms with Crippen LogP contribution >= 0.6 is 0 Å². The van der Waals surface area contributed by atoms with Gasteiger partial charge < -0.3 is 14.4 Å². The lowest BCUT2D eigenvalue weighted by Crippen LogP contribution is -2.32. The Morgan fingerprint density at radius 1 is 1.09 bits per heavy atom. The molecule has 2 rings (SSSR count). The van der Waals surface area contributed by atoms with Gasteiger partial charge in [-0.15, -0.1) is 0 Å². The van der Waals surface area contributed by atoms with E-state index < -0.39 is 0 Å². The Morgan fingerprint density at radius 2 is 1.83 bits per heavy atom. The number of ether oxygens (including phenoxy) is 2. The van der Waals surface area contributed by atoms with E-state index in [1.807, 2.05) is 56.3 Å². The summed E-state index contributed by atoms with van der Waals surface area (Å²) in [6, 6.07) is 13.4. The number of likely N-dealkylation sites (N-methyl/N-ethyl adjacent to an activating group) is 1. The summed E-state index contributed by atoms with van der Waals surface area (Å²) in [7, 11) is 3.22. The first-order chi connectivity index (χ1) is 11.1. The standard InChI is InChI=1S/C19H23NO3/c1-5-20(17-9-7-6-8-14(17)2)19(21)13-15-12-16(22-3)10-11-18(15)23-4/h6-12H,5,13H2,1-4H3. The van der Waals surface area contributed by atoms with Gasteiger partial charge in [0.05, 0.1) is 20.6 Å². The van der Waals surface area contributed by atoms with Gasteiger partial charge >= 0.3 is 0 Å². The number of methoxy groups -OCH3 is 2. The molecule has 0 unspecified atom stereocenters. The topological polar surface area (TPSA) is 38.8 Å². The number of anilines is 1. The first-order valence-corrected chi connectivity index (χ1v) is 7.67. The van der Waals surface area contributed by atoms with Crippen LogP contribution < -0.4 is 14.4 Å². The Bertz CT molecular complexity index is 682. The smallest absolute Gasteiger partial charge is 0.231 e. The molecule has 0 saturated heterocycles. The van der Waals surface area contributed by atoms with Gasteiger partial charge in [-0.05, 0) is 43.7 Å². The molecule has 1 amide bonds. The Balaban J connectivity index is 2.28. The molecule has 0 N–H and O–H groups in total. The number of hydrogen-bond donors (Lipinski definition) is 0. The van der Waals surface area contributed by atoms with E-state index in [0.717, 1.165) is 16.8 Å². The van der Waals surface area contributed by atoms with Crippen molar-refractivity contribution in [1.29, 1.82) is 0 Å². The van der Waals surface area contributed by atoms with Crippen LogP contribution in [0.25, 0.3) is 0 Å². The van der Waals surface area contributed by atoms with E-state index >= 15 is 0 Å². The highest BCUT2D eigenvalue weighted by Crippen LogP contribution is 2.26. The van der Waals surface area contributed by atoms with E-state index in [9.17, 15) is 4.79 Å². The van der Waals surface area contributed by atoms with Gasteiger partial charge in [0.25, 0.3) is 0 Å². The summed E-state index contributed by atoms with van der Waals surface area (Å²) >= 11 is 0. The van der Waals surface area contributed by atoms with Crippen molar-refractivity contribution in [2.45, 2.75) is 20.3 Å². The molecule has 0 bridgehead atoms. The second kappa shape index (κ2) is 7.68. The fraction of sp³-hybridized carbons (Fsp3) is 0.316. The molecule has 0 radical (unpaired) electrons. The molecular weight excluding hydrogens is 290 g/mol. The predicted octanol–water partition coefficient (Wildman–Crippen LogP) is 3.61. The van der Waals surface area contributed by atoms with Gasteiger partial charge in [0.15, 0.2) is 0 Å². The molecule has 0 saturated carbocycles. The highest BCUT2D eigenvalue weighted by Gasteiger charge is 2.18. The number of hydrogen-bond acceptors (Lipinski definition) is 3. The molecule has 0 atom stereocenters. The van der Waals surface area contributed by atoms with E-state index in [-0.39, 0.29) is 12.3 Å². The van der Waals surface area contributed by atoms with Gasteiger partial charge in [-0.2, -0.15) is 0 Å². The summed E-state index contributed by atoms with van der Waals surface area (Å²) in [6.45, 7) is 4.61. The van der Waals surface area contributed by atoms with Crippen molar-refractivity contribution in [1.82, 2.24) is 0 Å². The molecule has 0 heterocycles. The van der Waals surface area contributed by atoms with Gasteiger partial charge in [0.1, 0.15) is 11.5 Å². The number of carbonyl (C=O) groups is 1. The third-order valence-corrected chi connectivity index (χ3v) is 3.85. The first-order valence-electron chi connectivity index (χ1n) is 7.67. The quantitative estimate of drug-likeness (QED) is 0.818. The molecule has 4 nitrogen and oxygen atoms in total. The van der Waals surface area contributed by atoms with Gasteiger partial charge in [-0.3, -0.25) is 4.79 Å². The average Bonchev–Trinajstić information content (AvgIpc) is 2.57. The van der Waals surface area contributed by atoms with Crippen molar-refractivity contribution in [3.05, 3.63) is 53.6 Å². The molecular formula is C19H23NO3. The van der Waals surface area contributed by atoms with Gasteiger partial charge in [0.2, 0.25) is 5.91 Å². The zero-order valence-electron chi connectivity index (χ0n) is 14.1. The van der Waals surface area contributed by atoms with Crippen LogP contribution in [0.3, 0.4) is 0 Å². The van der Waals surface area contributed by atoms with Crippen LogP contribution in [0.5, 0.6) is 11.5 Å². The lowest BCUT2D eigenvalue weighted by atomic mass is 10.1. The number of amides is 1. The maximum atomic E-state index is 12.8. The lowest BCUT2D eigenvalue weighted by molar-refractivity contribution is -0.118. The van der Waals surface area contributed by atoms with Gasteiger partial charge in [0, 0.05) is 17.8 Å². The highest BCUT2D eigenvalue weighted by molar-refractivity contribution is 5.95. The number of para-hydroxylation sites is 1. The van der Waals surface area contributed by atoms with Crippen molar-refractivity contribution in [3.63, 3.8) is 0 Å². The maximum absolute atomic E-state index is 12.8. The molecule has 0 aromatic heterocycles. The van der Waals surface area contributed by atoms with Crippen LogP contribution in [0.2, 0.25) is 0 Å². The number of carbonyl (C=O) groups excluding carboxylic acids is 1. The zero-order chi connectivity index (χ0) is 16.8. The molecule has 0 spiro atoms. The second-order valence-corrected chi connectivity index (χ2v) is 5.28. The fourth-order valence-electron chi connectivity index (χ4n) is 2.63. The van der Waals surface area contributed by atoms with E-state index in [0.29, 0.717) is 18.0 Å². The third-order valence-electron chi connectivity index (χ3n) is 3.85. The zero-order valence-corrected chi connectivity index (χ0v) is 14.1. The maximum Gasteiger partial charge on any atom is 0.231 e. The van der Waals surface area contributed by atoms with Crippen LogP contribution in [0.1, 0.15) is 18.1 Å². The molecule has 0 aliphatic rings. The number of aryl methyl sites for hydroxylation is 1. The van der Waals surface area contributed by atoms with Crippen LogP contribution in [0, 0.1) is 6.92 Å². The van der Waals surface area contributed by atoms with E-state index in [2.05, 4.69) is 0 Å². The summed E-state index contributed by atoms with van der Waals surface area (Å²) in [4.78, 5) is 14.6. The molecule has 0 aliphatic carbocycles. The normalized spacial score (nSPS) is 10.3. The monoisotopic (exact) mass is 313 g/mol. The van der Waals surface area contributed by atoms with Crippen LogP contribution in [0.4, 0.5) is 5.69 Å². The molecule has 0 aliphatic heterocycles. The van der Waals surface area contributed by atoms with E-state index in [1.54, 1.807) is 19.1 Å². The molecule has 23 heavy (non-hydrogen) atoms. The Hall–Kier alpha value is -2.49. The van der Waals surface area contributed by atoms with Crippen molar-refractivity contribution in [3.8, 4) is 11.5 Å². The van der Waals surface area contributed by atoms with Crippen molar-refractivity contribution >= 4 is 11.6 Å². The fourth-order valence-corrected chi connectivity index (χ4v) is 2.63. The molecule has 0 fully saturated rings. The molecule has 2 aromatic carbocycles. The van der Waals surface area contributed by atoms with Gasteiger partial charge in [-0.1, -0.05) is 18.2 Å². The van der Waals surface area contributed by atoms with Crippen molar-refractivity contribution in [2.24, 2.45) is 0 Å². The number of nitrogens with zero attached hydrogens (tertiary/aromatic N) is 1. The second-order valence-electron chi connectivity index (χ2n) is 5.28. The molecule has 122 valence electrons. The summed E-state index contributed by atoms with van der Waals surface area (Å²) < 4.78 is 10.6. The Kier molecular flexibility index (Phi) is 5.63. The summed E-state index contributed by atoms with van der Waals surface area (Å²) in [6.07, 6.45) is 0.266. The minimum atomic E-state index is 0.0355. The van der Waals surface area contributed by atoms with Crippen LogP contribution in [-0.4, -0.2) is 26.7 Å². The van der Waals surface area contributed by atoms with E-state index in [4.69, 9.17) is 9.47 Å². The number of benzene rings is 2.